The van der Waals surface area contributed by atoms with Gasteiger partial charge in [-0.05, 0) is 6.42 Å². The Bertz CT molecular complexity index is 170. The molecule has 108 valence electrons. The van der Waals surface area contributed by atoms with E-state index in [9.17, 15) is 0 Å². The highest BCUT2D eigenvalue weighted by Gasteiger charge is 2.10. The summed E-state index contributed by atoms with van der Waals surface area (Å²) in [7, 11) is 0. The first-order valence-electron chi connectivity index (χ1n) is 7.81. The van der Waals surface area contributed by atoms with Gasteiger partial charge in [0.1, 0.15) is 13.5 Å². The predicted molar refractivity (Wildman–Crippen MR) is 75.6 cm³/mol. The van der Waals surface area contributed by atoms with Gasteiger partial charge in [-0.1, -0.05) is 58.3 Å². The number of ether oxygens (including phenoxy) is 2. The number of unbranched alkanes of at least 4 members (excludes halogenated alkanes) is 8. The molecule has 0 spiro atoms. The summed E-state index contributed by atoms with van der Waals surface area (Å²) in [6, 6.07) is 0. The highest BCUT2D eigenvalue weighted by molar-refractivity contribution is 4.53. The van der Waals surface area contributed by atoms with Crippen molar-refractivity contribution in [3.8, 4) is 0 Å². The molecule has 0 amide bonds. The number of hydrogen-bond donors (Lipinski definition) is 0. The van der Waals surface area contributed by atoms with Crippen LogP contribution in [0.2, 0.25) is 0 Å². The van der Waals surface area contributed by atoms with Gasteiger partial charge in [-0.2, -0.15) is 0 Å². The van der Waals surface area contributed by atoms with E-state index in [1.165, 1.54) is 57.8 Å². The summed E-state index contributed by atoms with van der Waals surface area (Å²) in [5.74, 6) is 0. The highest BCUT2D eigenvalue weighted by Crippen LogP contribution is 2.09. The second-order valence-electron chi connectivity index (χ2n) is 5.30. The van der Waals surface area contributed by atoms with Crippen molar-refractivity contribution in [2.24, 2.45) is 0 Å². The molecule has 1 fully saturated rings. The molecule has 3 heteroatoms. The Morgan fingerprint density at radius 1 is 0.944 bits per heavy atom. The molecule has 0 atom stereocenters. The fourth-order valence-electron chi connectivity index (χ4n) is 2.26. The van der Waals surface area contributed by atoms with Gasteiger partial charge in [-0.3, -0.25) is 4.90 Å². The Morgan fingerprint density at radius 2 is 1.61 bits per heavy atom. The summed E-state index contributed by atoms with van der Waals surface area (Å²) in [5.41, 5.74) is 0. The third kappa shape index (κ3) is 8.90. The van der Waals surface area contributed by atoms with Gasteiger partial charge in [0.05, 0.1) is 6.61 Å². The lowest BCUT2D eigenvalue weighted by molar-refractivity contribution is 0.0151. The van der Waals surface area contributed by atoms with Crippen LogP contribution in [0.3, 0.4) is 0 Å². The van der Waals surface area contributed by atoms with Crippen LogP contribution in [0.5, 0.6) is 0 Å². The van der Waals surface area contributed by atoms with E-state index in [4.69, 9.17) is 9.47 Å². The molecule has 3 nitrogen and oxygen atoms in total. The van der Waals surface area contributed by atoms with E-state index in [-0.39, 0.29) is 0 Å². The van der Waals surface area contributed by atoms with Crippen LogP contribution in [0, 0.1) is 0 Å². The topological polar surface area (TPSA) is 21.7 Å². The molecule has 0 unspecified atom stereocenters. The maximum Gasteiger partial charge on any atom is 0.101 e. The van der Waals surface area contributed by atoms with Crippen molar-refractivity contribution in [2.75, 3.05) is 33.2 Å². The van der Waals surface area contributed by atoms with E-state index in [0.29, 0.717) is 0 Å². The van der Waals surface area contributed by atoms with Gasteiger partial charge in [-0.25, -0.2) is 0 Å². The van der Waals surface area contributed by atoms with Crippen molar-refractivity contribution in [1.82, 2.24) is 4.90 Å². The highest BCUT2D eigenvalue weighted by atomic mass is 16.5. The zero-order valence-electron chi connectivity index (χ0n) is 12.2. The molecule has 0 aliphatic carbocycles. The molecule has 0 radical (unpaired) electrons. The van der Waals surface area contributed by atoms with Gasteiger partial charge >= 0.3 is 0 Å². The summed E-state index contributed by atoms with van der Waals surface area (Å²) in [6.45, 7) is 6.56. The summed E-state index contributed by atoms with van der Waals surface area (Å²) in [6.07, 6.45) is 12.4. The Labute approximate surface area is 113 Å². The molecule has 0 aromatic rings. The van der Waals surface area contributed by atoms with E-state index < -0.39 is 0 Å². The average molecular weight is 257 g/mol. The van der Waals surface area contributed by atoms with Gasteiger partial charge in [0, 0.05) is 13.2 Å². The SMILES string of the molecule is CCCCCCCCCCCOCN1CCOC1. The van der Waals surface area contributed by atoms with Crippen molar-refractivity contribution in [3.63, 3.8) is 0 Å². The first-order valence-corrected chi connectivity index (χ1v) is 7.81. The summed E-state index contributed by atoms with van der Waals surface area (Å²) in [5, 5.41) is 0. The number of nitrogens with zero attached hydrogens (tertiary/aromatic N) is 1. The molecular formula is C15H31NO2. The van der Waals surface area contributed by atoms with E-state index in [0.717, 1.165) is 33.2 Å². The monoisotopic (exact) mass is 257 g/mol. The summed E-state index contributed by atoms with van der Waals surface area (Å²) >= 11 is 0. The minimum absolute atomic E-state index is 0.747. The molecule has 0 N–H and O–H groups in total. The molecule has 0 bridgehead atoms. The van der Waals surface area contributed by atoms with Crippen LogP contribution < -0.4 is 0 Å². The molecule has 1 rings (SSSR count). The smallest absolute Gasteiger partial charge is 0.101 e. The van der Waals surface area contributed by atoms with Gasteiger partial charge < -0.3 is 9.47 Å². The van der Waals surface area contributed by atoms with Crippen molar-refractivity contribution >= 4 is 0 Å². The first kappa shape index (κ1) is 15.9. The first-order chi connectivity index (χ1) is 8.93. The molecule has 0 saturated carbocycles. The molecule has 1 aliphatic rings. The van der Waals surface area contributed by atoms with Crippen molar-refractivity contribution < 1.29 is 9.47 Å². The number of rotatable bonds is 12. The van der Waals surface area contributed by atoms with E-state index in [1.54, 1.807) is 0 Å². The van der Waals surface area contributed by atoms with Crippen molar-refractivity contribution in [1.29, 1.82) is 0 Å². The molecule has 1 aliphatic heterocycles. The van der Waals surface area contributed by atoms with E-state index in [1.807, 2.05) is 0 Å². The van der Waals surface area contributed by atoms with Crippen molar-refractivity contribution in [3.05, 3.63) is 0 Å². The van der Waals surface area contributed by atoms with Crippen LogP contribution in [0.15, 0.2) is 0 Å². The van der Waals surface area contributed by atoms with Crippen LogP contribution in [0.1, 0.15) is 64.7 Å². The minimum Gasteiger partial charge on any atom is -0.366 e. The van der Waals surface area contributed by atoms with Gasteiger partial charge in [-0.15, -0.1) is 0 Å². The zero-order valence-corrected chi connectivity index (χ0v) is 12.2. The summed E-state index contributed by atoms with van der Waals surface area (Å²) in [4.78, 5) is 2.20. The fourth-order valence-corrected chi connectivity index (χ4v) is 2.26. The predicted octanol–water partition coefficient (Wildman–Crippen LogP) is 3.78. The minimum atomic E-state index is 0.747. The second kappa shape index (κ2) is 11.9. The van der Waals surface area contributed by atoms with E-state index in [2.05, 4.69) is 11.8 Å². The lowest BCUT2D eigenvalue weighted by Crippen LogP contribution is -2.23. The van der Waals surface area contributed by atoms with Crippen LogP contribution in [-0.2, 0) is 9.47 Å². The maximum atomic E-state index is 5.62. The Hall–Kier alpha value is -0.120. The molecule has 1 saturated heterocycles. The van der Waals surface area contributed by atoms with Crippen LogP contribution >= 0.6 is 0 Å². The van der Waals surface area contributed by atoms with Gasteiger partial charge in [0.15, 0.2) is 0 Å². The number of hydrogen-bond acceptors (Lipinski definition) is 3. The lowest BCUT2D eigenvalue weighted by Gasteiger charge is -2.12. The van der Waals surface area contributed by atoms with Gasteiger partial charge in [0.25, 0.3) is 0 Å². The molecule has 0 aromatic carbocycles. The van der Waals surface area contributed by atoms with Crippen LogP contribution in [0.4, 0.5) is 0 Å². The molecule has 1 heterocycles. The Morgan fingerprint density at radius 3 is 2.22 bits per heavy atom. The van der Waals surface area contributed by atoms with E-state index >= 15 is 0 Å². The van der Waals surface area contributed by atoms with Crippen LogP contribution in [0.25, 0.3) is 0 Å². The van der Waals surface area contributed by atoms with Crippen molar-refractivity contribution in [2.45, 2.75) is 64.7 Å². The maximum absolute atomic E-state index is 5.62. The Balaban J connectivity index is 1.68. The molecule has 0 aromatic heterocycles. The molecule has 18 heavy (non-hydrogen) atoms. The largest absolute Gasteiger partial charge is 0.366 e. The van der Waals surface area contributed by atoms with Crippen LogP contribution in [-0.4, -0.2) is 38.1 Å². The summed E-state index contributed by atoms with van der Waals surface area (Å²) < 4.78 is 10.9. The average Bonchev–Trinajstić information content (AvgIpc) is 2.89. The normalized spacial score (nSPS) is 16.5. The molecular weight excluding hydrogens is 226 g/mol. The zero-order chi connectivity index (χ0) is 12.9. The fraction of sp³-hybridized carbons (Fsp3) is 1.00. The standard InChI is InChI=1S/C15H31NO2/c1-2-3-4-5-6-7-8-9-10-12-17-14-16-11-13-18-15-16/h2-15H2,1H3. The third-order valence-corrected chi connectivity index (χ3v) is 3.49. The quantitative estimate of drug-likeness (QED) is 0.497. The lowest BCUT2D eigenvalue weighted by atomic mass is 10.1. The Kier molecular flexibility index (Phi) is 10.6. The second-order valence-corrected chi connectivity index (χ2v) is 5.30. The third-order valence-electron chi connectivity index (χ3n) is 3.49. The van der Waals surface area contributed by atoms with Gasteiger partial charge in [0.2, 0.25) is 0 Å².